The van der Waals surface area contributed by atoms with Crippen LogP contribution in [0.4, 0.5) is 10.6 Å². The van der Waals surface area contributed by atoms with Crippen LogP contribution in [0, 0.1) is 0 Å². The molecule has 104 valence electrons. The highest BCUT2D eigenvalue weighted by atomic mass is 16.5. The lowest BCUT2D eigenvalue weighted by atomic mass is 10.3. The van der Waals surface area contributed by atoms with Gasteiger partial charge in [-0.25, -0.2) is 9.78 Å². The molecule has 0 bridgehead atoms. The number of anilines is 1. The molecule has 1 aromatic rings. The number of likely N-dealkylation sites (tertiary alicyclic amines) is 1. The highest BCUT2D eigenvalue weighted by Gasteiger charge is 2.24. The zero-order valence-corrected chi connectivity index (χ0v) is 11.2. The Hall–Kier alpha value is -1.89. The van der Waals surface area contributed by atoms with Gasteiger partial charge in [-0.2, -0.15) is 0 Å². The number of aromatic nitrogens is 2. The van der Waals surface area contributed by atoms with Gasteiger partial charge in [0.2, 0.25) is 0 Å². The number of carbonyl (C=O) groups excluding carboxylic acids is 1. The first-order chi connectivity index (χ1) is 9.21. The van der Waals surface area contributed by atoms with E-state index in [4.69, 9.17) is 0 Å². The van der Waals surface area contributed by atoms with Crippen molar-refractivity contribution in [2.24, 2.45) is 0 Å². The summed E-state index contributed by atoms with van der Waals surface area (Å²) in [5.74, 6) is 0.760. The first-order valence-electron chi connectivity index (χ1n) is 6.26. The van der Waals surface area contributed by atoms with Gasteiger partial charge in [0.1, 0.15) is 5.82 Å². The number of hydrogen-bond donors (Lipinski definition) is 2. The number of methoxy groups -OCH3 is 1. The maximum Gasteiger partial charge on any atom is 0.407 e. The Morgan fingerprint density at radius 2 is 2.37 bits per heavy atom. The summed E-state index contributed by atoms with van der Waals surface area (Å²) in [6, 6.07) is 0.150. The van der Waals surface area contributed by atoms with Gasteiger partial charge in [-0.05, 0) is 6.42 Å². The summed E-state index contributed by atoms with van der Waals surface area (Å²) >= 11 is 0. The minimum absolute atomic E-state index is 0.150. The molecule has 0 radical (unpaired) electrons. The number of alkyl carbamates (subject to hydrolysis) is 1. The van der Waals surface area contributed by atoms with Gasteiger partial charge in [-0.1, -0.05) is 0 Å². The second kappa shape index (κ2) is 6.33. The van der Waals surface area contributed by atoms with Gasteiger partial charge >= 0.3 is 6.09 Å². The molecular weight excluding hydrogens is 246 g/mol. The molecule has 0 aliphatic carbocycles. The Labute approximate surface area is 112 Å². The van der Waals surface area contributed by atoms with Crippen molar-refractivity contribution in [2.45, 2.75) is 19.0 Å². The molecule has 1 amide bonds. The normalized spacial score (nSPS) is 19.2. The number of amides is 1. The maximum atomic E-state index is 11.1. The molecule has 0 aromatic carbocycles. The summed E-state index contributed by atoms with van der Waals surface area (Å²) in [6.45, 7) is 2.49. The van der Waals surface area contributed by atoms with Crippen molar-refractivity contribution in [1.82, 2.24) is 20.2 Å². The first-order valence-corrected chi connectivity index (χ1v) is 6.26. The van der Waals surface area contributed by atoms with E-state index in [-0.39, 0.29) is 12.1 Å². The third-order valence-electron chi connectivity index (χ3n) is 3.13. The van der Waals surface area contributed by atoms with Crippen LogP contribution in [0.15, 0.2) is 12.4 Å². The Balaban J connectivity index is 1.82. The van der Waals surface area contributed by atoms with Crippen LogP contribution in [0.2, 0.25) is 0 Å². The molecule has 7 heteroatoms. The lowest BCUT2D eigenvalue weighted by Gasteiger charge is -2.15. The number of rotatable bonds is 4. The van der Waals surface area contributed by atoms with E-state index in [1.54, 1.807) is 12.4 Å². The van der Waals surface area contributed by atoms with Crippen molar-refractivity contribution in [1.29, 1.82) is 0 Å². The fraction of sp³-hybridized carbons (Fsp3) is 0.583. The number of nitrogens with zero attached hydrogens (tertiary/aromatic N) is 3. The van der Waals surface area contributed by atoms with E-state index in [9.17, 15) is 4.79 Å². The summed E-state index contributed by atoms with van der Waals surface area (Å²) in [7, 11) is 3.19. The molecule has 2 heterocycles. The van der Waals surface area contributed by atoms with Gasteiger partial charge in [-0.15, -0.1) is 0 Å². The summed E-state index contributed by atoms with van der Waals surface area (Å²) in [4.78, 5) is 21.9. The second-order valence-electron chi connectivity index (χ2n) is 4.50. The van der Waals surface area contributed by atoms with Crippen LogP contribution in [-0.4, -0.2) is 54.2 Å². The van der Waals surface area contributed by atoms with Crippen LogP contribution < -0.4 is 10.6 Å². The van der Waals surface area contributed by atoms with Crippen molar-refractivity contribution >= 4 is 11.9 Å². The maximum absolute atomic E-state index is 11.1. The molecule has 2 N–H and O–H groups in total. The highest BCUT2D eigenvalue weighted by molar-refractivity contribution is 5.67. The molecule has 1 atom stereocenters. The lowest BCUT2D eigenvalue weighted by molar-refractivity contribution is 0.166. The van der Waals surface area contributed by atoms with Gasteiger partial charge < -0.3 is 15.4 Å². The van der Waals surface area contributed by atoms with Crippen LogP contribution in [-0.2, 0) is 11.3 Å². The summed E-state index contributed by atoms with van der Waals surface area (Å²) < 4.78 is 4.59. The average molecular weight is 265 g/mol. The highest BCUT2D eigenvalue weighted by Crippen LogP contribution is 2.12. The van der Waals surface area contributed by atoms with Gasteiger partial charge in [0.05, 0.1) is 25.2 Å². The Morgan fingerprint density at radius 3 is 3.00 bits per heavy atom. The number of ether oxygens (including phenoxy) is 1. The van der Waals surface area contributed by atoms with E-state index in [2.05, 4.69) is 30.2 Å². The van der Waals surface area contributed by atoms with E-state index in [1.165, 1.54) is 7.11 Å². The van der Waals surface area contributed by atoms with E-state index in [0.29, 0.717) is 0 Å². The quantitative estimate of drug-likeness (QED) is 0.823. The van der Waals surface area contributed by atoms with Crippen molar-refractivity contribution < 1.29 is 9.53 Å². The molecule has 1 unspecified atom stereocenters. The summed E-state index contributed by atoms with van der Waals surface area (Å²) in [5.41, 5.74) is 0.928. The fourth-order valence-corrected chi connectivity index (χ4v) is 2.11. The molecule has 1 aromatic heterocycles. The van der Waals surface area contributed by atoms with Crippen molar-refractivity contribution in [3.63, 3.8) is 0 Å². The van der Waals surface area contributed by atoms with Crippen molar-refractivity contribution in [2.75, 3.05) is 32.6 Å². The third kappa shape index (κ3) is 3.78. The van der Waals surface area contributed by atoms with Crippen LogP contribution >= 0.6 is 0 Å². The molecule has 1 aliphatic rings. The Kier molecular flexibility index (Phi) is 4.51. The number of hydrogen-bond acceptors (Lipinski definition) is 6. The largest absolute Gasteiger partial charge is 0.453 e. The van der Waals surface area contributed by atoms with Crippen molar-refractivity contribution in [3.05, 3.63) is 18.1 Å². The predicted molar refractivity (Wildman–Crippen MR) is 70.8 cm³/mol. The topological polar surface area (TPSA) is 79.4 Å². The molecule has 1 fully saturated rings. The lowest BCUT2D eigenvalue weighted by Crippen LogP contribution is -2.36. The Bertz CT molecular complexity index is 423. The molecule has 0 spiro atoms. The monoisotopic (exact) mass is 265 g/mol. The predicted octanol–water partition coefficient (Wildman–Crippen LogP) is 0.449. The zero-order chi connectivity index (χ0) is 13.7. The van der Waals surface area contributed by atoms with E-state index < -0.39 is 0 Å². The molecule has 1 saturated heterocycles. The average Bonchev–Trinajstić information content (AvgIpc) is 2.86. The molecule has 2 rings (SSSR count). The minimum Gasteiger partial charge on any atom is -0.453 e. The molecule has 7 nitrogen and oxygen atoms in total. The summed E-state index contributed by atoms with van der Waals surface area (Å²) in [5, 5.41) is 5.75. The molecule has 1 aliphatic heterocycles. The van der Waals surface area contributed by atoms with E-state index >= 15 is 0 Å². The van der Waals surface area contributed by atoms with Crippen LogP contribution in [0.5, 0.6) is 0 Å². The third-order valence-corrected chi connectivity index (χ3v) is 3.13. The van der Waals surface area contributed by atoms with Gasteiger partial charge in [0.15, 0.2) is 0 Å². The van der Waals surface area contributed by atoms with Crippen LogP contribution in [0.1, 0.15) is 12.1 Å². The number of nitrogens with one attached hydrogen (secondary N) is 2. The van der Waals surface area contributed by atoms with Gasteiger partial charge in [0.25, 0.3) is 0 Å². The molecular formula is C12H19N5O2. The number of carbonyl (C=O) groups is 1. The Morgan fingerprint density at radius 1 is 1.53 bits per heavy atom. The fourth-order valence-electron chi connectivity index (χ4n) is 2.11. The smallest absolute Gasteiger partial charge is 0.407 e. The van der Waals surface area contributed by atoms with Crippen molar-refractivity contribution in [3.8, 4) is 0 Å². The SMILES string of the molecule is CNc1cnc(CN2CCC(NC(=O)OC)C2)cn1. The van der Waals surface area contributed by atoms with E-state index in [0.717, 1.165) is 37.6 Å². The summed E-state index contributed by atoms with van der Waals surface area (Å²) in [6.07, 6.45) is 4.05. The van der Waals surface area contributed by atoms with E-state index in [1.807, 2.05) is 7.05 Å². The van der Waals surface area contributed by atoms with Crippen LogP contribution in [0.3, 0.4) is 0 Å². The second-order valence-corrected chi connectivity index (χ2v) is 4.50. The zero-order valence-electron chi connectivity index (χ0n) is 11.2. The molecule has 19 heavy (non-hydrogen) atoms. The molecule has 0 saturated carbocycles. The minimum atomic E-state index is -0.370. The van der Waals surface area contributed by atoms with Gasteiger partial charge in [-0.3, -0.25) is 9.88 Å². The van der Waals surface area contributed by atoms with Gasteiger partial charge in [0, 0.05) is 32.7 Å². The first kappa shape index (κ1) is 13.5. The van der Waals surface area contributed by atoms with Crippen LogP contribution in [0.25, 0.3) is 0 Å². The standard InChI is InChI=1S/C12H19N5O2/c1-13-11-6-14-10(5-15-11)8-17-4-3-9(7-17)16-12(18)19-2/h5-6,9H,3-4,7-8H2,1-2H3,(H,13,15)(H,16,18).